The van der Waals surface area contributed by atoms with Crippen LogP contribution < -0.4 is 10.2 Å². The predicted octanol–water partition coefficient (Wildman–Crippen LogP) is 2.06. The van der Waals surface area contributed by atoms with E-state index < -0.39 is 0 Å². The highest BCUT2D eigenvalue weighted by atomic mass is 16.5. The molecule has 0 unspecified atom stereocenters. The maximum Gasteiger partial charge on any atom is 0.239 e. The number of para-hydroxylation sites is 1. The molecule has 0 saturated heterocycles. The first-order valence-corrected chi connectivity index (χ1v) is 6.92. The van der Waals surface area contributed by atoms with Crippen molar-refractivity contribution in [2.75, 3.05) is 37.7 Å². The molecule has 106 valence electrons. The zero-order valence-electron chi connectivity index (χ0n) is 11.9. The van der Waals surface area contributed by atoms with Gasteiger partial charge < -0.3 is 15.0 Å². The van der Waals surface area contributed by atoms with Gasteiger partial charge in [-0.3, -0.25) is 4.79 Å². The van der Waals surface area contributed by atoms with Crippen LogP contribution in [0.3, 0.4) is 0 Å². The van der Waals surface area contributed by atoms with Crippen molar-refractivity contribution in [3.63, 3.8) is 0 Å². The van der Waals surface area contributed by atoms with Crippen LogP contribution in [0.25, 0.3) is 0 Å². The van der Waals surface area contributed by atoms with Gasteiger partial charge in [0.2, 0.25) is 5.91 Å². The van der Waals surface area contributed by atoms with Crippen LogP contribution in [0.4, 0.5) is 5.69 Å². The van der Waals surface area contributed by atoms with E-state index in [1.165, 1.54) is 0 Å². The number of ether oxygens (including phenoxy) is 1. The smallest absolute Gasteiger partial charge is 0.239 e. The number of likely N-dealkylation sites (N-methyl/N-ethyl adjacent to an activating group) is 1. The van der Waals surface area contributed by atoms with E-state index in [0.717, 1.165) is 25.3 Å². The van der Waals surface area contributed by atoms with Gasteiger partial charge in [0.1, 0.15) is 0 Å². The van der Waals surface area contributed by atoms with Crippen molar-refractivity contribution in [2.45, 2.75) is 20.3 Å². The minimum absolute atomic E-state index is 0.0576. The molecular formula is C15H24N2O2. The molecule has 0 aliphatic carbocycles. The van der Waals surface area contributed by atoms with Crippen molar-refractivity contribution < 1.29 is 9.53 Å². The maximum atomic E-state index is 11.8. The first-order valence-electron chi connectivity index (χ1n) is 6.92. The highest BCUT2D eigenvalue weighted by molar-refractivity contribution is 5.81. The van der Waals surface area contributed by atoms with E-state index in [-0.39, 0.29) is 5.91 Å². The van der Waals surface area contributed by atoms with Gasteiger partial charge in [-0.1, -0.05) is 18.2 Å². The molecule has 4 nitrogen and oxygen atoms in total. The summed E-state index contributed by atoms with van der Waals surface area (Å²) in [6.07, 6.45) is 0.858. The number of nitrogens with zero attached hydrogens (tertiary/aromatic N) is 1. The first-order chi connectivity index (χ1) is 9.27. The third-order valence-electron chi connectivity index (χ3n) is 2.83. The highest BCUT2D eigenvalue weighted by Crippen LogP contribution is 2.11. The zero-order valence-corrected chi connectivity index (χ0v) is 11.9. The topological polar surface area (TPSA) is 41.6 Å². The molecule has 4 heteroatoms. The number of nitrogens with one attached hydrogen (secondary N) is 1. The maximum absolute atomic E-state index is 11.8. The fourth-order valence-corrected chi connectivity index (χ4v) is 1.80. The molecule has 0 heterocycles. The summed E-state index contributed by atoms with van der Waals surface area (Å²) in [4.78, 5) is 13.9. The van der Waals surface area contributed by atoms with Crippen molar-refractivity contribution in [3.8, 4) is 0 Å². The molecule has 0 aromatic heterocycles. The molecule has 0 fully saturated rings. The Morgan fingerprint density at radius 2 is 2.00 bits per heavy atom. The minimum Gasteiger partial charge on any atom is -0.382 e. The first kappa shape index (κ1) is 15.5. The molecule has 1 amide bonds. The molecular weight excluding hydrogens is 240 g/mol. The second-order valence-electron chi connectivity index (χ2n) is 4.25. The van der Waals surface area contributed by atoms with Crippen LogP contribution in [0.2, 0.25) is 0 Å². The number of carbonyl (C=O) groups excluding carboxylic acids is 1. The average Bonchev–Trinajstić information content (AvgIpc) is 2.45. The van der Waals surface area contributed by atoms with Gasteiger partial charge in [0, 0.05) is 32.0 Å². The number of benzene rings is 1. The Labute approximate surface area is 115 Å². The molecule has 0 saturated carbocycles. The molecule has 19 heavy (non-hydrogen) atoms. The van der Waals surface area contributed by atoms with E-state index >= 15 is 0 Å². The summed E-state index contributed by atoms with van der Waals surface area (Å²) in [5, 5.41) is 2.92. The molecule has 0 atom stereocenters. The lowest BCUT2D eigenvalue weighted by molar-refractivity contribution is -0.119. The molecule has 1 aromatic rings. The molecule has 0 aliphatic heterocycles. The standard InChI is InChI=1S/C15H24N2O2/c1-3-17(14-9-6-5-7-10-14)13-15(18)16-11-8-12-19-4-2/h5-7,9-10H,3-4,8,11-13H2,1-2H3,(H,16,18). The predicted molar refractivity (Wildman–Crippen MR) is 78.4 cm³/mol. The number of carbonyl (C=O) groups is 1. The van der Waals surface area contributed by atoms with Gasteiger partial charge in [-0.15, -0.1) is 0 Å². The fourth-order valence-electron chi connectivity index (χ4n) is 1.80. The van der Waals surface area contributed by atoms with E-state index in [2.05, 4.69) is 17.1 Å². The largest absolute Gasteiger partial charge is 0.382 e. The van der Waals surface area contributed by atoms with Crippen molar-refractivity contribution in [2.24, 2.45) is 0 Å². The van der Waals surface area contributed by atoms with Gasteiger partial charge in [0.05, 0.1) is 6.54 Å². The van der Waals surface area contributed by atoms with Crippen LogP contribution in [-0.2, 0) is 9.53 Å². The van der Waals surface area contributed by atoms with Gasteiger partial charge in [-0.05, 0) is 32.4 Å². The summed E-state index contributed by atoms with van der Waals surface area (Å²) in [5.74, 6) is 0.0576. The fraction of sp³-hybridized carbons (Fsp3) is 0.533. The third-order valence-corrected chi connectivity index (χ3v) is 2.83. The van der Waals surface area contributed by atoms with Gasteiger partial charge in [0.25, 0.3) is 0 Å². The van der Waals surface area contributed by atoms with Crippen molar-refractivity contribution in [1.29, 1.82) is 0 Å². The van der Waals surface area contributed by atoms with Gasteiger partial charge >= 0.3 is 0 Å². The quantitative estimate of drug-likeness (QED) is 0.694. The van der Waals surface area contributed by atoms with Crippen molar-refractivity contribution in [3.05, 3.63) is 30.3 Å². The average molecular weight is 264 g/mol. The molecule has 0 aliphatic rings. The number of rotatable bonds is 9. The lowest BCUT2D eigenvalue weighted by Crippen LogP contribution is -2.37. The molecule has 1 rings (SSSR count). The normalized spacial score (nSPS) is 10.2. The number of anilines is 1. The Balaban J connectivity index is 2.30. The van der Waals surface area contributed by atoms with E-state index in [1.807, 2.05) is 37.3 Å². The number of hydrogen-bond acceptors (Lipinski definition) is 3. The Morgan fingerprint density at radius 1 is 1.26 bits per heavy atom. The Hall–Kier alpha value is -1.55. The minimum atomic E-state index is 0.0576. The summed E-state index contributed by atoms with van der Waals surface area (Å²) < 4.78 is 5.23. The molecule has 0 bridgehead atoms. The summed E-state index contributed by atoms with van der Waals surface area (Å²) in [7, 11) is 0. The van der Waals surface area contributed by atoms with Crippen LogP contribution in [0, 0.1) is 0 Å². The SMILES string of the molecule is CCOCCCNC(=O)CN(CC)c1ccccc1. The third kappa shape index (κ3) is 6.25. The van der Waals surface area contributed by atoms with E-state index in [0.29, 0.717) is 19.7 Å². The summed E-state index contributed by atoms with van der Waals surface area (Å²) in [6, 6.07) is 9.98. The van der Waals surface area contributed by atoms with Crippen molar-refractivity contribution in [1.82, 2.24) is 5.32 Å². The summed E-state index contributed by atoms with van der Waals surface area (Å²) in [6.45, 7) is 7.34. The second kappa shape index (κ2) is 9.39. The molecule has 1 aromatic carbocycles. The van der Waals surface area contributed by atoms with Gasteiger partial charge in [-0.2, -0.15) is 0 Å². The van der Waals surface area contributed by atoms with Gasteiger partial charge in [0.15, 0.2) is 0 Å². The lowest BCUT2D eigenvalue weighted by atomic mass is 10.3. The van der Waals surface area contributed by atoms with Gasteiger partial charge in [-0.25, -0.2) is 0 Å². The zero-order chi connectivity index (χ0) is 13.9. The van der Waals surface area contributed by atoms with E-state index in [4.69, 9.17) is 4.74 Å². The summed E-state index contributed by atoms with van der Waals surface area (Å²) >= 11 is 0. The second-order valence-corrected chi connectivity index (χ2v) is 4.25. The Morgan fingerprint density at radius 3 is 2.63 bits per heavy atom. The molecule has 1 N–H and O–H groups in total. The van der Waals surface area contributed by atoms with E-state index in [9.17, 15) is 4.79 Å². The molecule has 0 radical (unpaired) electrons. The number of hydrogen-bond donors (Lipinski definition) is 1. The highest BCUT2D eigenvalue weighted by Gasteiger charge is 2.08. The number of amides is 1. The van der Waals surface area contributed by atoms with Crippen LogP contribution in [-0.4, -0.2) is 38.8 Å². The van der Waals surface area contributed by atoms with Crippen LogP contribution >= 0.6 is 0 Å². The Bertz CT molecular complexity index is 354. The summed E-state index contributed by atoms with van der Waals surface area (Å²) in [5.41, 5.74) is 1.08. The van der Waals surface area contributed by atoms with E-state index in [1.54, 1.807) is 0 Å². The van der Waals surface area contributed by atoms with Crippen LogP contribution in [0.15, 0.2) is 30.3 Å². The molecule has 0 spiro atoms. The van der Waals surface area contributed by atoms with Crippen LogP contribution in [0.5, 0.6) is 0 Å². The Kier molecular flexibility index (Phi) is 7.66. The van der Waals surface area contributed by atoms with Crippen LogP contribution in [0.1, 0.15) is 20.3 Å². The monoisotopic (exact) mass is 264 g/mol. The lowest BCUT2D eigenvalue weighted by Gasteiger charge is -2.22. The van der Waals surface area contributed by atoms with Crippen molar-refractivity contribution >= 4 is 11.6 Å².